The van der Waals surface area contributed by atoms with Crippen molar-refractivity contribution < 1.29 is 4.79 Å². The zero-order valence-corrected chi connectivity index (χ0v) is 13.4. The lowest BCUT2D eigenvalue weighted by Crippen LogP contribution is -2.27. The van der Waals surface area contributed by atoms with Crippen molar-refractivity contribution in [2.75, 3.05) is 5.73 Å². The van der Waals surface area contributed by atoms with Crippen molar-refractivity contribution in [3.63, 3.8) is 0 Å². The van der Waals surface area contributed by atoms with Crippen LogP contribution in [0.3, 0.4) is 0 Å². The van der Waals surface area contributed by atoms with Gasteiger partial charge in [-0.15, -0.1) is 36.2 Å². The molecule has 0 aliphatic heterocycles. The number of halogens is 2. The zero-order chi connectivity index (χ0) is 13.1. The smallest absolute Gasteiger partial charge is 0.270 e. The number of carbonyl (C=O) groups excluding carboxylic acids is 1. The normalized spacial score (nSPS) is 10.9. The molecule has 0 aromatic carbocycles. The van der Waals surface area contributed by atoms with Gasteiger partial charge in [0.1, 0.15) is 16.5 Å². The molecule has 1 unspecified atom stereocenters. The van der Waals surface area contributed by atoms with Crippen LogP contribution in [0.4, 0.5) is 5.82 Å². The third-order valence-electron chi connectivity index (χ3n) is 2.36. The first-order valence-corrected chi connectivity index (χ1v) is 6.33. The van der Waals surface area contributed by atoms with Crippen LogP contribution in [-0.2, 0) is 0 Å². The molecule has 0 aliphatic carbocycles. The second kappa shape index (κ2) is 8.04. The van der Waals surface area contributed by atoms with Gasteiger partial charge in [0.2, 0.25) is 0 Å². The molecular weight excluding hydrogens is 319 g/mol. The Labute approximate surface area is 133 Å². The Morgan fingerprint density at radius 2 is 2.10 bits per heavy atom. The van der Waals surface area contributed by atoms with E-state index in [1.807, 2.05) is 13.8 Å². The number of anilines is 1. The Morgan fingerprint density at radius 3 is 2.65 bits per heavy atom. The number of aryl methyl sites for hydroxylation is 1. The number of nitrogens with one attached hydrogen (secondary N) is 1. The fraction of sp³-hybridized carbons (Fsp3) is 0.250. The van der Waals surface area contributed by atoms with E-state index in [0.29, 0.717) is 11.5 Å². The number of hydrogen-bond donors (Lipinski definition) is 2. The predicted molar refractivity (Wildman–Crippen MR) is 85.9 cm³/mol. The summed E-state index contributed by atoms with van der Waals surface area (Å²) >= 11 is 1.57. The molecule has 0 spiro atoms. The standard InChI is InChI=1S/C12H14N4OS.2ClH/c1-7-6-14-12(18-7)8(2)15-11(17)9-4-3-5-10(13)16-9;;/h3-6,8H,1-2H3,(H2,13,16)(H,15,17);2*1H. The number of rotatable bonds is 3. The summed E-state index contributed by atoms with van der Waals surface area (Å²) in [6, 6.07) is 4.84. The highest BCUT2D eigenvalue weighted by atomic mass is 35.5. The van der Waals surface area contributed by atoms with Gasteiger partial charge in [0.25, 0.3) is 5.91 Å². The fourth-order valence-electron chi connectivity index (χ4n) is 1.48. The Hall–Kier alpha value is -1.37. The summed E-state index contributed by atoms with van der Waals surface area (Å²) in [6.07, 6.45) is 1.79. The molecule has 8 heteroatoms. The number of aromatic nitrogens is 2. The number of carbonyl (C=O) groups is 1. The van der Waals surface area contributed by atoms with E-state index in [4.69, 9.17) is 5.73 Å². The molecule has 2 aromatic heterocycles. The van der Waals surface area contributed by atoms with Gasteiger partial charge in [0, 0.05) is 11.1 Å². The molecule has 0 saturated carbocycles. The lowest BCUT2D eigenvalue weighted by molar-refractivity contribution is 0.0935. The highest BCUT2D eigenvalue weighted by Crippen LogP contribution is 2.19. The molecule has 0 aliphatic rings. The molecule has 5 nitrogen and oxygen atoms in total. The molecule has 1 amide bonds. The summed E-state index contributed by atoms with van der Waals surface area (Å²) in [6.45, 7) is 3.87. The van der Waals surface area contributed by atoms with E-state index < -0.39 is 0 Å². The van der Waals surface area contributed by atoms with Crippen molar-refractivity contribution >= 4 is 47.9 Å². The third-order valence-corrected chi connectivity index (χ3v) is 3.46. The molecule has 1 atom stereocenters. The van der Waals surface area contributed by atoms with Crippen molar-refractivity contribution in [1.82, 2.24) is 15.3 Å². The van der Waals surface area contributed by atoms with Crippen molar-refractivity contribution in [3.05, 3.63) is 40.0 Å². The molecule has 0 saturated heterocycles. The van der Waals surface area contributed by atoms with Gasteiger partial charge in [-0.25, -0.2) is 9.97 Å². The first kappa shape index (κ1) is 18.6. The van der Waals surface area contributed by atoms with Gasteiger partial charge < -0.3 is 11.1 Å². The van der Waals surface area contributed by atoms with Crippen LogP contribution in [0.5, 0.6) is 0 Å². The maximum Gasteiger partial charge on any atom is 0.270 e. The number of thiazole rings is 1. The Morgan fingerprint density at radius 1 is 1.40 bits per heavy atom. The number of nitrogen functional groups attached to an aromatic ring is 1. The van der Waals surface area contributed by atoms with E-state index in [-0.39, 0.29) is 36.8 Å². The van der Waals surface area contributed by atoms with Gasteiger partial charge in [-0.05, 0) is 26.0 Å². The van der Waals surface area contributed by atoms with Crippen LogP contribution in [0.15, 0.2) is 24.4 Å². The van der Waals surface area contributed by atoms with Crippen LogP contribution < -0.4 is 11.1 Å². The van der Waals surface area contributed by atoms with Gasteiger partial charge in [-0.3, -0.25) is 4.79 Å². The van der Waals surface area contributed by atoms with Crippen molar-refractivity contribution in [1.29, 1.82) is 0 Å². The molecule has 0 bridgehead atoms. The number of nitrogens with two attached hydrogens (primary N) is 1. The number of amides is 1. The average molecular weight is 335 g/mol. The third kappa shape index (κ3) is 4.63. The molecule has 20 heavy (non-hydrogen) atoms. The van der Waals surface area contributed by atoms with Crippen LogP contribution in [0.25, 0.3) is 0 Å². The topological polar surface area (TPSA) is 80.9 Å². The molecule has 110 valence electrons. The van der Waals surface area contributed by atoms with Gasteiger partial charge in [-0.1, -0.05) is 6.07 Å². The molecule has 2 rings (SSSR count). The summed E-state index contributed by atoms with van der Waals surface area (Å²) in [4.78, 5) is 21.3. The van der Waals surface area contributed by atoms with E-state index in [2.05, 4.69) is 15.3 Å². The first-order chi connectivity index (χ1) is 8.56. The van der Waals surface area contributed by atoms with Crippen LogP contribution >= 0.6 is 36.2 Å². The Balaban J connectivity index is 0.00000180. The molecule has 3 N–H and O–H groups in total. The highest BCUT2D eigenvalue weighted by molar-refractivity contribution is 7.11. The van der Waals surface area contributed by atoms with E-state index in [0.717, 1.165) is 9.88 Å². The minimum atomic E-state index is -0.248. The largest absolute Gasteiger partial charge is 0.384 e. The van der Waals surface area contributed by atoms with Crippen molar-refractivity contribution in [3.8, 4) is 0 Å². The quantitative estimate of drug-likeness (QED) is 0.904. The number of nitrogens with zero attached hydrogens (tertiary/aromatic N) is 2. The zero-order valence-electron chi connectivity index (χ0n) is 11.0. The summed E-state index contributed by atoms with van der Waals surface area (Å²) in [5.74, 6) is 0.0862. The van der Waals surface area contributed by atoms with E-state index in [1.165, 1.54) is 0 Å². The van der Waals surface area contributed by atoms with Crippen LogP contribution in [0.1, 0.15) is 33.3 Å². The van der Waals surface area contributed by atoms with Gasteiger partial charge in [0.15, 0.2) is 0 Å². The minimum absolute atomic E-state index is 0. The molecule has 2 aromatic rings. The van der Waals surface area contributed by atoms with E-state index >= 15 is 0 Å². The lowest BCUT2D eigenvalue weighted by atomic mass is 10.3. The average Bonchev–Trinajstić information content (AvgIpc) is 2.76. The van der Waals surface area contributed by atoms with Crippen molar-refractivity contribution in [2.45, 2.75) is 19.9 Å². The first-order valence-electron chi connectivity index (χ1n) is 5.52. The monoisotopic (exact) mass is 334 g/mol. The number of hydrogen-bond acceptors (Lipinski definition) is 5. The van der Waals surface area contributed by atoms with Crippen molar-refractivity contribution in [2.24, 2.45) is 0 Å². The maximum atomic E-state index is 11.9. The molecular formula is C12H16Cl2N4OS. The van der Waals surface area contributed by atoms with E-state index in [1.54, 1.807) is 35.7 Å². The van der Waals surface area contributed by atoms with Gasteiger partial charge >= 0.3 is 0 Å². The predicted octanol–water partition coefficient (Wildman–Crippen LogP) is 2.76. The maximum absolute atomic E-state index is 11.9. The Kier molecular flexibility index (Phi) is 7.49. The number of pyridine rings is 1. The molecule has 0 radical (unpaired) electrons. The van der Waals surface area contributed by atoms with Gasteiger partial charge in [-0.2, -0.15) is 0 Å². The summed E-state index contributed by atoms with van der Waals surface area (Å²) < 4.78 is 0. The SMILES string of the molecule is Cc1cnc(C(C)NC(=O)c2cccc(N)n2)s1.Cl.Cl. The summed E-state index contributed by atoms with van der Waals surface area (Å²) in [7, 11) is 0. The van der Waals surface area contributed by atoms with E-state index in [9.17, 15) is 4.79 Å². The Bertz CT molecular complexity index is 576. The van der Waals surface area contributed by atoms with Crippen LogP contribution in [0, 0.1) is 6.92 Å². The summed E-state index contributed by atoms with van der Waals surface area (Å²) in [5.41, 5.74) is 5.86. The minimum Gasteiger partial charge on any atom is -0.384 e. The lowest BCUT2D eigenvalue weighted by Gasteiger charge is -2.10. The highest BCUT2D eigenvalue weighted by Gasteiger charge is 2.14. The summed E-state index contributed by atoms with van der Waals surface area (Å²) in [5, 5.41) is 3.72. The second-order valence-electron chi connectivity index (χ2n) is 3.95. The van der Waals surface area contributed by atoms with Crippen LogP contribution in [-0.4, -0.2) is 15.9 Å². The fourth-order valence-corrected chi connectivity index (χ4v) is 2.26. The van der Waals surface area contributed by atoms with Crippen LogP contribution in [0.2, 0.25) is 0 Å². The molecule has 2 heterocycles. The molecule has 0 fully saturated rings. The second-order valence-corrected chi connectivity index (χ2v) is 5.22. The van der Waals surface area contributed by atoms with Gasteiger partial charge in [0.05, 0.1) is 6.04 Å².